The fraction of sp³-hybridized carbons (Fsp3) is 0.500. The first kappa shape index (κ1) is 17.6. The standard InChI is InChI=1S/C18H27NO3Si/c1-18(2,3)23(4,5)22-16-8-6-7-15(13-16)14-9-11-19(12-10-14)17(20)21/h6-9,13H,10-12H2,1-5H3,(H,20,21). The van der Waals surface area contributed by atoms with Gasteiger partial charge in [-0.2, -0.15) is 0 Å². The van der Waals surface area contributed by atoms with E-state index in [4.69, 9.17) is 9.53 Å². The van der Waals surface area contributed by atoms with E-state index in [1.54, 1.807) is 0 Å². The lowest BCUT2D eigenvalue weighted by molar-refractivity contribution is 0.150. The molecule has 1 aromatic rings. The van der Waals surface area contributed by atoms with Crippen LogP contribution in [-0.2, 0) is 0 Å². The summed E-state index contributed by atoms with van der Waals surface area (Å²) in [5.41, 5.74) is 2.33. The molecule has 126 valence electrons. The van der Waals surface area contributed by atoms with E-state index in [1.165, 1.54) is 10.5 Å². The number of hydrogen-bond donors (Lipinski definition) is 1. The molecular formula is C18H27NO3Si. The lowest BCUT2D eigenvalue weighted by atomic mass is 9.99. The number of carbonyl (C=O) groups is 1. The van der Waals surface area contributed by atoms with Gasteiger partial charge in [0.2, 0.25) is 8.32 Å². The first-order valence-electron chi connectivity index (χ1n) is 8.06. The largest absolute Gasteiger partial charge is 0.543 e. The van der Waals surface area contributed by atoms with Crippen molar-refractivity contribution in [1.82, 2.24) is 4.90 Å². The highest BCUT2D eigenvalue weighted by Crippen LogP contribution is 2.38. The Labute approximate surface area is 139 Å². The molecule has 0 aromatic heterocycles. The summed E-state index contributed by atoms with van der Waals surface area (Å²) in [4.78, 5) is 12.4. The van der Waals surface area contributed by atoms with Gasteiger partial charge in [0.15, 0.2) is 0 Å². The molecule has 0 atom stereocenters. The van der Waals surface area contributed by atoms with Crippen LogP contribution in [0.15, 0.2) is 30.3 Å². The number of rotatable bonds is 3. The third-order valence-corrected chi connectivity index (χ3v) is 9.22. The molecule has 0 radical (unpaired) electrons. The van der Waals surface area contributed by atoms with Gasteiger partial charge in [0, 0.05) is 13.1 Å². The highest BCUT2D eigenvalue weighted by molar-refractivity contribution is 6.74. The quantitative estimate of drug-likeness (QED) is 0.805. The number of nitrogens with zero attached hydrogens (tertiary/aromatic N) is 1. The Morgan fingerprint density at radius 2 is 2.00 bits per heavy atom. The van der Waals surface area contributed by atoms with Crippen LogP contribution in [0.1, 0.15) is 32.8 Å². The summed E-state index contributed by atoms with van der Waals surface area (Å²) in [6, 6.07) is 8.18. The highest BCUT2D eigenvalue weighted by atomic mass is 28.4. The highest BCUT2D eigenvalue weighted by Gasteiger charge is 2.39. The molecule has 0 bridgehead atoms. The Kier molecular flexibility index (Phi) is 4.89. The van der Waals surface area contributed by atoms with Crippen LogP contribution in [0.2, 0.25) is 18.1 Å². The predicted octanol–water partition coefficient (Wildman–Crippen LogP) is 4.84. The first-order chi connectivity index (χ1) is 10.6. The minimum absolute atomic E-state index is 0.162. The van der Waals surface area contributed by atoms with Crippen LogP contribution >= 0.6 is 0 Å². The molecule has 1 heterocycles. The summed E-state index contributed by atoms with van der Waals surface area (Å²) < 4.78 is 6.36. The van der Waals surface area contributed by atoms with Crippen molar-refractivity contribution >= 4 is 20.0 Å². The van der Waals surface area contributed by atoms with Gasteiger partial charge in [-0.1, -0.05) is 39.0 Å². The van der Waals surface area contributed by atoms with Crippen LogP contribution in [0.25, 0.3) is 5.57 Å². The van der Waals surface area contributed by atoms with Crippen molar-refractivity contribution in [3.63, 3.8) is 0 Å². The minimum Gasteiger partial charge on any atom is -0.543 e. The van der Waals surface area contributed by atoms with Gasteiger partial charge in [-0.25, -0.2) is 4.79 Å². The molecule has 1 aliphatic heterocycles. The van der Waals surface area contributed by atoms with Gasteiger partial charge >= 0.3 is 6.09 Å². The van der Waals surface area contributed by atoms with Crippen molar-refractivity contribution in [1.29, 1.82) is 0 Å². The van der Waals surface area contributed by atoms with Crippen LogP contribution < -0.4 is 4.43 Å². The minimum atomic E-state index is -1.85. The van der Waals surface area contributed by atoms with E-state index in [9.17, 15) is 4.79 Å². The van der Waals surface area contributed by atoms with Crippen LogP contribution in [0.3, 0.4) is 0 Å². The zero-order valence-electron chi connectivity index (χ0n) is 14.7. The molecule has 2 rings (SSSR count). The summed E-state index contributed by atoms with van der Waals surface area (Å²) in [5.74, 6) is 0.913. The van der Waals surface area contributed by atoms with E-state index in [0.717, 1.165) is 17.7 Å². The zero-order valence-corrected chi connectivity index (χ0v) is 15.7. The number of hydrogen-bond acceptors (Lipinski definition) is 2. The smallest absolute Gasteiger partial charge is 0.407 e. The Hall–Kier alpha value is -1.75. The molecule has 0 saturated heterocycles. The molecule has 0 saturated carbocycles. The van der Waals surface area contributed by atoms with E-state index >= 15 is 0 Å². The maximum Gasteiger partial charge on any atom is 0.407 e. The van der Waals surface area contributed by atoms with Gasteiger partial charge in [-0.05, 0) is 47.8 Å². The summed E-state index contributed by atoms with van der Waals surface area (Å²) >= 11 is 0. The zero-order chi connectivity index (χ0) is 17.3. The Bertz CT molecular complexity index is 617. The summed E-state index contributed by atoms with van der Waals surface area (Å²) in [6.45, 7) is 12.2. The summed E-state index contributed by atoms with van der Waals surface area (Å²) in [7, 11) is -1.85. The van der Waals surface area contributed by atoms with Gasteiger partial charge in [0.1, 0.15) is 5.75 Å². The van der Waals surface area contributed by atoms with E-state index in [2.05, 4.69) is 46.0 Å². The van der Waals surface area contributed by atoms with Crippen molar-refractivity contribution in [3.05, 3.63) is 35.9 Å². The average Bonchev–Trinajstić information content (AvgIpc) is 2.46. The maximum atomic E-state index is 11.0. The monoisotopic (exact) mass is 333 g/mol. The fourth-order valence-electron chi connectivity index (χ4n) is 2.31. The van der Waals surface area contributed by atoms with E-state index in [-0.39, 0.29) is 5.04 Å². The van der Waals surface area contributed by atoms with Crippen molar-refractivity contribution in [3.8, 4) is 5.75 Å². The summed E-state index contributed by atoms with van der Waals surface area (Å²) in [5, 5.41) is 9.19. The molecule has 5 heteroatoms. The molecule has 1 aliphatic rings. The van der Waals surface area contributed by atoms with Gasteiger partial charge in [-0.3, -0.25) is 0 Å². The molecule has 0 spiro atoms. The van der Waals surface area contributed by atoms with Crippen LogP contribution in [-0.4, -0.2) is 37.5 Å². The number of carboxylic acid groups (broad SMARTS) is 1. The van der Waals surface area contributed by atoms with Crippen LogP contribution in [0.4, 0.5) is 4.79 Å². The van der Waals surface area contributed by atoms with Gasteiger partial charge in [0.05, 0.1) is 0 Å². The first-order valence-corrected chi connectivity index (χ1v) is 11.0. The molecule has 1 N–H and O–H groups in total. The SMILES string of the molecule is CC(C)(C)[Si](C)(C)Oc1cccc(C2=CCN(C(=O)O)CC2)c1. The summed E-state index contributed by atoms with van der Waals surface area (Å²) in [6.07, 6.45) is 1.90. The second kappa shape index (κ2) is 6.39. The molecule has 1 amide bonds. The van der Waals surface area contributed by atoms with Gasteiger partial charge < -0.3 is 14.4 Å². The molecule has 23 heavy (non-hydrogen) atoms. The van der Waals surface area contributed by atoms with Gasteiger partial charge in [-0.15, -0.1) is 0 Å². The van der Waals surface area contributed by atoms with Crippen molar-refractivity contribution < 1.29 is 14.3 Å². The Morgan fingerprint density at radius 1 is 1.30 bits per heavy atom. The molecule has 1 aromatic carbocycles. The maximum absolute atomic E-state index is 11.0. The molecule has 0 fully saturated rings. The average molecular weight is 334 g/mol. The lowest BCUT2D eigenvalue weighted by Gasteiger charge is -2.36. The van der Waals surface area contributed by atoms with Crippen molar-refractivity contribution in [2.45, 2.75) is 45.3 Å². The molecule has 0 aliphatic carbocycles. The normalized spacial score (nSPS) is 16.0. The van der Waals surface area contributed by atoms with Gasteiger partial charge in [0.25, 0.3) is 0 Å². The van der Waals surface area contributed by atoms with E-state index in [1.807, 2.05) is 18.2 Å². The van der Waals surface area contributed by atoms with E-state index < -0.39 is 14.4 Å². The van der Waals surface area contributed by atoms with E-state index in [0.29, 0.717) is 13.1 Å². The van der Waals surface area contributed by atoms with Crippen LogP contribution in [0, 0.1) is 0 Å². The third-order valence-electron chi connectivity index (χ3n) is 4.86. The fourth-order valence-corrected chi connectivity index (χ4v) is 3.33. The molecule has 0 unspecified atom stereocenters. The molecular weight excluding hydrogens is 306 g/mol. The van der Waals surface area contributed by atoms with Crippen molar-refractivity contribution in [2.24, 2.45) is 0 Å². The third kappa shape index (κ3) is 4.16. The van der Waals surface area contributed by atoms with Crippen LogP contribution in [0.5, 0.6) is 5.75 Å². The lowest BCUT2D eigenvalue weighted by Crippen LogP contribution is -2.43. The number of benzene rings is 1. The Morgan fingerprint density at radius 3 is 2.52 bits per heavy atom. The topological polar surface area (TPSA) is 49.8 Å². The predicted molar refractivity (Wildman–Crippen MR) is 96.5 cm³/mol. The molecule has 4 nitrogen and oxygen atoms in total. The second-order valence-corrected chi connectivity index (χ2v) is 12.3. The Balaban J connectivity index is 2.17. The van der Waals surface area contributed by atoms with Crippen molar-refractivity contribution in [2.75, 3.05) is 13.1 Å². The second-order valence-electron chi connectivity index (χ2n) is 7.60. The number of amides is 1.